The van der Waals surface area contributed by atoms with Gasteiger partial charge in [-0.3, -0.25) is 0 Å². The van der Waals surface area contributed by atoms with Crippen LogP contribution in [-0.2, 0) is 0 Å². The van der Waals surface area contributed by atoms with Crippen molar-refractivity contribution in [2.45, 2.75) is 13.0 Å². The molecule has 1 N–H and O–H groups in total. The van der Waals surface area contributed by atoms with Crippen LogP contribution in [0.3, 0.4) is 0 Å². The molecule has 0 amide bonds. The van der Waals surface area contributed by atoms with Crippen LogP contribution >= 0.6 is 34.8 Å². The van der Waals surface area contributed by atoms with Gasteiger partial charge in [-0.25, -0.2) is 0 Å². The lowest BCUT2D eigenvalue weighted by molar-refractivity contribution is 0.190. The van der Waals surface area contributed by atoms with Gasteiger partial charge < -0.3 is 14.5 Å². The summed E-state index contributed by atoms with van der Waals surface area (Å²) in [6, 6.07) is 12.4. The molecule has 8 heteroatoms. The van der Waals surface area contributed by atoms with Crippen molar-refractivity contribution in [3.63, 3.8) is 0 Å². The first kappa shape index (κ1) is 16.9. The van der Waals surface area contributed by atoms with E-state index in [1.165, 1.54) is 0 Å². The van der Waals surface area contributed by atoms with Gasteiger partial charge in [-0.1, -0.05) is 39.9 Å². The second-order valence-corrected chi connectivity index (χ2v) is 6.16. The molecule has 1 aromatic heterocycles. The zero-order chi connectivity index (χ0) is 17.1. The second kappa shape index (κ2) is 7.30. The number of nitrogens with zero attached hydrogens (tertiary/aromatic N) is 2. The molecule has 3 rings (SSSR count). The van der Waals surface area contributed by atoms with E-state index in [4.69, 9.17) is 44.0 Å². The highest BCUT2D eigenvalue weighted by Gasteiger charge is 2.16. The van der Waals surface area contributed by atoms with Crippen LogP contribution in [-0.4, -0.2) is 10.2 Å². The van der Waals surface area contributed by atoms with Gasteiger partial charge in [0, 0.05) is 16.8 Å². The number of aromatic nitrogens is 2. The largest absolute Gasteiger partial charge is 0.481 e. The molecule has 0 bridgehead atoms. The molecule has 2 aromatic carbocycles. The van der Waals surface area contributed by atoms with E-state index < -0.39 is 6.10 Å². The van der Waals surface area contributed by atoms with Gasteiger partial charge >= 0.3 is 6.01 Å². The zero-order valence-corrected chi connectivity index (χ0v) is 14.7. The van der Waals surface area contributed by atoms with E-state index in [0.29, 0.717) is 26.7 Å². The summed E-state index contributed by atoms with van der Waals surface area (Å²) in [7, 11) is 0. The summed E-state index contributed by atoms with van der Waals surface area (Å²) in [6.45, 7) is 1.79. The third-order valence-electron chi connectivity index (χ3n) is 3.09. The Morgan fingerprint density at radius 1 is 1.00 bits per heavy atom. The lowest BCUT2D eigenvalue weighted by Gasteiger charge is -2.11. The monoisotopic (exact) mass is 383 g/mol. The molecule has 0 saturated heterocycles. The van der Waals surface area contributed by atoms with Crippen LogP contribution in [0.15, 0.2) is 46.9 Å². The van der Waals surface area contributed by atoms with Gasteiger partial charge in [0.05, 0.1) is 10.0 Å². The molecule has 3 aromatic rings. The van der Waals surface area contributed by atoms with Crippen molar-refractivity contribution in [3.05, 3.63) is 63.4 Å². The zero-order valence-electron chi connectivity index (χ0n) is 12.5. The first-order valence-electron chi connectivity index (χ1n) is 6.99. The Hall–Kier alpha value is -1.95. The molecule has 1 heterocycles. The number of anilines is 2. The molecule has 0 aliphatic carbocycles. The van der Waals surface area contributed by atoms with Gasteiger partial charge in [-0.05, 0) is 43.3 Å². The quantitative estimate of drug-likeness (QED) is 0.592. The molecular weight excluding hydrogens is 373 g/mol. The molecule has 0 saturated carbocycles. The summed E-state index contributed by atoms with van der Waals surface area (Å²) in [4.78, 5) is 0. The Morgan fingerprint density at radius 3 is 2.46 bits per heavy atom. The predicted molar refractivity (Wildman–Crippen MR) is 94.5 cm³/mol. The highest BCUT2D eigenvalue weighted by Crippen LogP contribution is 2.29. The Balaban J connectivity index is 1.67. The van der Waals surface area contributed by atoms with Crippen molar-refractivity contribution in [2.24, 2.45) is 0 Å². The lowest BCUT2D eigenvalue weighted by Crippen LogP contribution is -2.03. The van der Waals surface area contributed by atoms with E-state index in [-0.39, 0.29) is 6.01 Å². The summed E-state index contributed by atoms with van der Waals surface area (Å²) in [5.41, 5.74) is 0.785. The van der Waals surface area contributed by atoms with Crippen LogP contribution in [0.1, 0.15) is 18.9 Å². The molecule has 24 heavy (non-hydrogen) atoms. The van der Waals surface area contributed by atoms with E-state index in [9.17, 15) is 0 Å². The summed E-state index contributed by atoms with van der Waals surface area (Å²) in [5.74, 6) is 0.889. The molecule has 0 fully saturated rings. The van der Waals surface area contributed by atoms with Crippen LogP contribution < -0.4 is 10.1 Å². The number of hydrogen-bond acceptors (Lipinski definition) is 5. The Labute approximate surface area is 153 Å². The molecule has 0 aliphatic rings. The number of hydrogen-bond donors (Lipinski definition) is 1. The highest BCUT2D eigenvalue weighted by molar-refractivity contribution is 6.42. The number of nitrogens with one attached hydrogen (secondary N) is 1. The van der Waals surface area contributed by atoms with Crippen LogP contribution in [0.4, 0.5) is 11.7 Å². The SMILES string of the molecule is CC(Oc1ccc(Cl)c(Cl)c1)c1nnc(Nc2ccc(Cl)cc2)o1. The van der Waals surface area contributed by atoms with Crippen molar-refractivity contribution in [2.75, 3.05) is 5.32 Å². The molecule has 5 nitrogen and oxygen atoms in total. The van der Waals surface area contributed by atoms with Gasteiger partial charge in [0.1, 0.15) is 5.75 Å². The molecule has 1 unspecified atom stereocenters. The van der Waals surface area contributed by atoms with Gasteiger partial charge in [-0.15, -0.1) is 5.10 Å². The molecule has 0 spiro atoms. The Kier molecular flexibility index (Phi) is 5.14. The van der Waals surface area contributed by atoms with Crippen LogP contribution in [0.5, 0.6) is 5.75 Å². The fraction of sp³-hybridized carbons (Fsp3) is 0.125. The number of halogens is 3. The lowest BCUT2D eigenvalue weighted by atomic mass is 10.3. The smallest absolute Gasteiger partial charge is 0.320 e. The third-order valence-corrected chi connectivity index (χ3v) is 4.08. The van der Waals surface area contributed by atoms with E-state index in [1.807, 2.05) is 12.1 Å². The molecule has 1 atom stereocenters. The minimum absolute atomic E-state index is 0.261. The summed E-state index contributed by atoms with van der Waals surface area (Å²) in [6.07, 6.45) is -0.449. The van der Waals surface area contributed by atoms with E-state index in [0.717, 1.165) is 5.69 Å². The van der Waals surface area contributed by atoms with Crippen molar-refractivity contribution in [3.8, 4) is 5.75 Å². The molecular formula is C16H12Cl3N3O2. The Morgan fingerprint density at radius 2 is 1.75 bits per heavy atom. The predicted octanol–water partition coefficient (Wildman–Crippen LogP) is 5.91. The van der Waals surface area contributed by atoms with Gasteiger partial charge in [-0.2, -0.15) is 0 Å². The first-order chi connectivity index (χ1) is 11.5. The van der Waals surface area contributed by atoms with Crippen molar-refractivity contribution in [1.82, 2.24) is 10.2 Å². The normalized spacial score (nSPS) is 12.0. The summed E-state index contributed by atoms with van der Waals surface area (Å²) >= 11 is 17.7. The van der Waals surface area contributed by atoms with Crippen LogP contribution in [0.2, 0.25) is 15.1 Å². The topological polar surface area (TPSA) is 60.2 Å². The summed E-state index contributed by atoms with van der Waals surface area (Å²) in [5, 5.41) is 12.4. The number of rotatable bonds is 5. The van der Waals surface area contributed by atoms with E-state index >= 15 is 0 Å². The van der Waals surface area contributed by atoms with Crippen molar-refractivity contribution >= 4 is 46.5 Å². The third kappa shape index (κ3) is 4.12. The minimum atomic E-state index is -0.449. The molecule has 0 radical (unpaired) electrons. The second-order valence-electron chi connectivity index (χ2n) is 4.91. The molecule has 0 aliphatic heterocycles. The maximum Gasteiger partial charge on any atom is 0.320 e. The maximum atomic E-state index is 5.97. The number of benzene rings is 2. The standard InChI is InChI=1S/C16H12Cl3N3O2/c1-9(23-12-6-7-13(18)14(19)8-12)15-21-22-16(24-15)20-11-4-2-10(17)3-5-11/h2-9H,1H3,(H,20,22). The fourth-order valence-electron chi connectivity index (χ4n) is 1.91. The van der Waals surface area contributed by atoms with E-state index in [1.54, 1.807) is 37.3 Å². The minimum Gasteiger partial charge on any atom is -0.481 e. The maximum absolute atomic E-state index is 5.97. The van der Waals surface area contributed by atoms with Crippen molar-refractivity contribution < 1.29 is 9.15 Å². The van der Waals surface area contributed by atoms with Crippen molar-refractivity contribution in [1.29, 1.82) is 0 Å². The van der Waals surface area contributed by atoms with Crippen LogP contribution in [0, 0.1) is 0 Å². The first-order valence-corrected chi connectivity index (χ1v) is 8.12. The van der Waals surface area contributed by atoms with Gasteiger partial charge in [0.15, 0.2) is 6.10 Å². The van der Waals surface area contributed by atoms with Gasteiger partial charge in [0.25, 0.3) is 5.89 Å². The summed E-state index contributed by atoms with van der Waals surface area (Å²) < 4.78 is 11.3. The van der Waals surface area contributed by atoms with Crippen LogP contribution in [0.25, 0.3) is 0 Å². The van der Waals surface area contributed by atoms with Gasteiger partial charge in [0.2, 0.25) is 0 Å². The highest BCUT2D eigenvalue weighted by atomic mass is 35.5. The van der Waals surface area contributed by atoms with E-state index in [2.05, 4.69) is 15.5 Å². The average molecular weight is 385 g/mol. The fourth-order valence-corrected chi connectivity index (χ4v) is 2.32. The Bertz CT molecular complexity index is 837. The average Bonchev–Trinajstić information content (AvgIpc) is 3.02. The number of ether oxygens (including phenoxy) is 1. The molecule has 124 valence electrons.